The Kier molecular flexibility index (Phi) is 4.44. The minimum atomic E-state index is -0.632. The molecule has 0 unspecified atom stereocenters. The molecule has 0 radical (unpaired) electrons. The summed E-state index contributed by atoms with van der Waals surface area (Å²) >= 11 is 1.22. The number of amides is 2. The Labute approximate surface area is 156 Å². The molecular formula is C16H14FN5O4S. The summed E-state index contributed by atoms with van der Waals surface area (Å²) in [6, 6.07) is 4.43. The molecule has 2 aromatic rings. The van der Waals surface area contributed by atoms with Crippen molar-refractivity contribution in [1.82, 2.24) is 15.3 Å². The number of rotatable bonds is 0. The van der Waals surface area contributed by atoms with Gasteiger partial charge in [-0.2, -0.15) is 0 Å². The van der Waals surface area contributed by atoms with Crippen LogP contribution in [0.4, 0.5) is 14.9 Å². The lowest BCUT2D eigenvalue weighted by Crippen LogP contribution is -2.37. The number of oxime groups is 1. The molecule has 2 amide bonds. The van der Waals surface area contributed by atoms with Gasteiger partial charge < -0.3 is 4.74 Å². The van der Waals surface area contributed by atoms with Crippen molar-refractivity contribution in [2.45, 2.75) is 19.4 Å². The zero-order valence-corrected chi connectivity index (χ0v) is 15.0. The predicted molar refractivity (Wildman–Crippen MR) is 93.6 cm³/mol. The molecule has 0 saturated carbocycles. The van der Waals surface area contributed by atoms with Crippen LogP contribution < -0.4 is 4.90 Å². The summed E-state index contributed by atoms with van der Waals surface area (Å²) in [7, 11) is 0. The number of ether oxygens (including phenoxy) is 1. The Hall–Kier alpha value is -3.08. The van der Waals surface area contributed by atoms with Gasteiger partial charge in [-0.25, -0.2) is 9.18 Å². The number of anilines is 1. The van der Waals surface area contributed by atoms with E-state index in [1.165, 1.54) is 35.4 Å². The second-order valence-corrected chi connectivity index (χ2v) is 7.00. The van der Waals surface area contributed by atoms with Crippen LogP contribution in [0.3, 0.4) is 0 Å². The fourth-order valence-electron chi connectivity index (χ4n) is 2.73. The van der Waals surface area contributed by atoms with E-state index in [1.54, 1.807) is 12.1 Å². The van der Waals surface area contributed by atoms with E-state index in [0.29, 0.717) is 27.7 Å². The van der Waals surface area contributed by atoms with Crippen molar-refractivity contribution in [2.24, 2.45) is 5.16 Å². The number of halogens is 1. The molecule has 4 heterocycles. The lowest BCUT2D eigenvalue weighted by molar-refractivity contribution is -0.189. The van der Waals surface area contributed by atoms with Gasteiger partial charge in [0, 0.05) is 18.9 Å². The van der Waals surface area contributed by atoms with Gasteiger partial charge in [0.2, 0.25) is 0 Å². The Morgan fingerprint density at radius 3 is 2.96 bits per heavy atom. The Morgan fingerprint density at radius 1 is 1.33 bits per heavy atom. The summed E-state index contributed by atoms with van der Waals surface area (Å²) in [5.41, 5.74) is 0.656. The van der Waals surface area contributed by atoms with Crippen LogP contribution >= 0.6 is 11.3 Å². The SMILES string of the molecule is CC(=O)N1C[C@@H]2CN(C(=O)O2)c2ccc(c(F)c2)-c2nnc(s2)CC=NO1. The Bertz CT molecular complexity index is 933. The normalized spacial score (nSPS) is 19.2. The summed E-state index contributed by atoms with van der Waals surface area (Å²) < 4.78 is 19.9. The first kappa shape index (κ1) is 17.3. The van der Waals surface area contributed by atoms with Gasteiger partial charge in [0.15, 0.2) is 5.01 Å². The van der Waals surface area contributed by atoms with Crippen molar-refractivity contribution >= 4 is 35.2 Å². The molecule has 3 aliphatic heterocycles. The maximum Gasteiger partial charge on any atom is 0.414 e. The molecule has 5 rings (SSSR count). The van der Waals surface area contributed by atoms with Gasteiger partial charge in [0.25, 0.3) is 5.91 Å². The molecule has 0 spiro atoms. The third kappa shape index (κ3) is 3.45. The van der Waals surface area contributed by atoms with Gasteiger partial charge in [0.05, 0.1) is 18.4 Å². The van der Waals surface area contributed by atoms with Crippen LogP contribution in [0.1, 0.15) is 11.9 Å². The first-order valence-corrected chi connectivity index (χ1v) is 8.90. The topological polar surface area (TPSA) is 97.2 Å². The number of hydrogen-bond donors (Lipinski definition) is 0. The minimum Gasteiger partial charge on any atom is -0.442 e. The number of nitrogens with zero attached hydrogens (tertiary/aromatic N) is 5. The molecule has 1 saturated heterocycles. The number of carbonyl (C=O) groups excluding carboxylic acids is 2. The predicted octanol–water partition coefficient (Wildman–Crippen LogP) is 1.99. The van der Waals surface area contributed by atoms with E-state index in [1.807, 2.05) is 0 Å². The molecule has 0 aliphatic carbocycles. The average Bonchev–Trinajstić information content (AvgIpc) is 3.23. The number of hydroxylamine groups is 2. The van der Waals surface area contributed by atoms with Crippen molar-refractivity contribution in [3.05, 3.63) is 29.0 Å². The van der Waals surface area contributed by atoms with Crippen LogP contribution in [0.2, 0.25) is 0 Å². The van der Waals surface area contributed by atoms with Gasteiger partial charge in [-0.15, -0.1) is 15.3 Å². The van der Waals surface area contributed by atoms with E-state index in [0.717, 1.165) is 5.06 Å². The van der Waals surface area contributed by atoms with E-state index >= 15 is 0 Å². The first-order valence-electron chi connectivity index (χ1n) is 8.09. The highest BCUT2D eigenvalue weighted by Crippen LogP contribution is 2.31. The summed E-state index contributed by atoms with van der Waals surface area (Å²) in [6.45, 7) is 1.46. The fraction of sp³-hybridized carbons (Fsp3) is 0.312. The minimum absolute atomic E-state index is 0.00155. The Balaban J connectivity index is 1.72. The summed E-state index contributed by atoms with van der Waals surface area (Å²) in [5.74, 6) is -0.905. The highest BCUT2D eigenvalue weighted by molar-refractivity contribution is 7.14. The van der Waals surface area contributed by atoms with Crippen LogP contribution in [-0.4, -0.2) is 52.7 Å². The second-order valence-electron chi connectivity index (χ2n) is 5.94. The third-order valence-electron chi connectivity index (χ3n) is 4.04. The zero-order valence-electron chi connectivity index (χ0n) is 14.2. The number of fused-ring (bicyclic) bond motifs is 6. The van der Waals surface area contributed by atoms with Crippen LogP contribution in [0.5, 0.6) is 0 Å². The number of carbonyl (C=O) groups is 2. The highest BCUT2D eigenvalue weighted by Gasteiger charge is 2.35. The maximum absolute atomic E-state index is 14.6. The summed E-state index contributed by atoms with van der Waals surface area (Å²) in [6.07, 6.45) is 0.489. The third-order valence-corrected chi connectivity index (χ3v) is 5.02. The molecule has 0 N–H and O–H groups in total. The lowest BCUT2D eigenvalue weighted by atomic mass is 10.2. The van der Waals surface area contributed by atoms with Crippen molar-refractivity contribution in [2.75, 3.05) is 18.0 Å². The quantitative estimate of drug-likeness (QED) is 0.681. The van der Waals surface area contributed by atoms with Crippen molar-refractivity contribution in [1.29, 1.82) is 0 Å². The smallest absolute Gasteiger partial charge is 0.414 e. The largest absolute Gasteiger partial charge is 0.442 e. The van der Waals surface area contributed by atoms with Crippen molar-refractivity contribution < 1.29 is 23.7 Å². The van der Waals surface area contributed by atoms with Gasteiger partial charge in [-0.1, -0.05) is 16.5 Å². The summed E-state index contributed by atoms with van der Waals surface area (Å²) in [4.78, 5) is 30.3. The van der Waals surface area contributed by atoms with Gasteiger partial charge in [-0.3, -0.25) is 14.6 Å². The fourth-order valence-corrected chi connectivity index (χ4v) is 3.55. The summed E-state index contributed by atoms with van der Waals surface area (Å²) in [5, 5.41) is 13.8. The molecule has 1 fully saturated rings. The number of hydrogen-bond acceptors (Lipinski definition) is 8. The molecule has 11 heteroatoms. The van der Waals surface area contributed by atoms with Crippen LogP contribution in [0, 0.1) is 5.82 Å². The maximum atomic E-state index is 14.6. The zero-order chi connectivity index (χ0) is 19.0. The molecule has 9 nitrogen and oxygen atoms in total. The molecule has 1 atom stereocenters. The van der Waals surface area contributed by atoms with Crippen LogP contribution in [0.15, 0.2) is 23.4 Å². The van der Waals surface area contributed by atoms with E-state index in [2.05, 4.69) is 15.4 Å². The molecule has 1 aromatic heterocycles. The van der Waals surface area contributed by atoms with Gasteiger partial charge in [0.1, 0.15) is 23.5 Å². The van der Waals surface area contributed by atoms with E-state index in [-0.39, 0.29) is 13.1 Å². The molecular weight excluding hydrogens is 377 g/mol. The molecule has 27 heavy (non-hydrogen) atoms. The standard InChI is InChI=1S/C16H14FN5O4S/c1-9(23)22-8-11-7-21(16(24)25-11)10-2-3-12(13(17)6-10)15-20-19-14(27-15)4-5-18-26-22/h2-3,5-6,11H,4,7-8H2,1H3/t11-/m0/s1. The molecule has 3 aliphatic rings. The number of aromatic nitrogens is 2. The molecule has 6 bridgehead atoms. The van der Waals surface area contributed by atoms with Gasteiger partial charge >= 0.3 is 6.09 Å². The van der Waals surface area contributed by atoms with E-state index < -0.39 is 23.9 Å². The van der Waals surface area contributed by atoms with E-state index in [4.69, 9.17) is 9.68 Å². The van der Waals surface area contributed by atoms with E-state index in [9.17, 15) is 14.0 Å². The second kappa shape index (κ2) is 6.91. The average molecular weight is 391 g/mol. The lowest BCUT2D eigenvalue weighted by Gasteiger charge is -2.19. The van der Waals surface area contributed by atoms with Crippen molar-refractivity contribution in [3.8, 4) is 10.6 Å². The molecule has 140 valence electrons. The van der Waals surface area contributed by atoms with Gasteiger partial charge in [-0.05, 0) is 18.2 Å². The Morgan fingerprint density at radius 2 is 2.19 bits per heavy atom. The monoisotopic (exact) mass is 391 g/mol. The highest BCUT2D eigenvalue weighted by atomic mass is 32.1. The first-order chi connectivity index (χ1) is 13.0. The molecule has 1 aromatic carbocycles. The van der Waals surface area contributed by atoms with Crippen LogP contribution in [0.25, 0.3) is 10.6 Å². The van der Waals surface area contributed by atoms with Crippen molar-refractivity contribution in [3.63, 3.8) is 0 Å². The van der Waals surface area contributed by atoms with Crippen LogP contribution in [-0.2, 0) is 20.9 Å². The number of benzene rings is 1.